The van der Waals surface area contributed by atoms with E-state index in [4.69, 9.17) is 17.3 Å². The van der Waals surface area contributed by atoms with Crippen LogP contribution in [0.5, 0.6) is 0 Å². The van der Waals surface area contributed by atoms with Gasteiger partial charge in [-0.3, -0.25) is 0 Å². The predicted molar refractivity (Wildman–Crippen MR) is 60.9 cm³/mol. The number of hydrogen-bond donors (Lipinski definition) is 1. The lowest BCUT2D eigenvalue weighted by Crippen LogP contribution is -2.08. The normalized spacial score (nSPS) is 12.5. The number of rotatable bonds is 3. The molecule has 1 nitrogen and oxygen atoms in total. The van der Waals surface area contributed by atoms with Crippen LogP contribution in [0.4, 0.5) is 0 Å². The Balaban J connectivity index is 2.93. The van der Waals surface area contributed by atoms with Gasteiger partial charge in [0.05, 0.1) is 0 Å². The first-order valence-electron chi connectivity index (χ1n) is 3.96. The molecule has 0 aromatic heterocycles. The lowest BCUT2D eigenvalue weighted by molar-refractivity contribution is 0.741. The van der Waals surface area contributed by atoms with Crippen LogP contribution in [-0.2, 0) is 0 Å². The van der Waals surface area contributed by atoms with Crippen molar-refractivity contribution < 1.29 is 0 Å². The van der Waals surface area contributed by atoms with Gasteiger partial charge in [-0.25, -0.2) is 0 Å². The molecule has 0 aliphatic heterocycles. The summed E-state index contributed by atoms with van der Waals surface area (Å²) in [6.45, 7) is 3.65. The molecule has 0 heterocycles. The zero-order valence-corrected chi connectivity index (χ0v) is 9.48. The molecule has 0 unspecified atom stereocenters. The standard InChI is InChI=1S/C10H11BrClN/c1-2-3-10(13)7-4-8(11)6-9(12)5-7/h2,4-6,10H,1,3,13H2/t10-/m0/s1. The van der Waals surface area contributed by atoms with Gasteiger partial charge in [-0.15, -0.1) is 6.58 Å². The van der Waals surface area contributed by atoms with E-state index in [0.717, 1.165) is 16.5 Å². The molecule has 1 aromatic carbocycles. The molecule has 1 aromatic rings. The van der Waals surface area contributed by atoms with Crippen LogP contribution in [-0.4, -0.2) is 0 Å². The molecule has 3 heteroatoms. The van der Waals surface area contributed by atoms with Gasteiger partial charge in [-0.1, -0.05) is 33.6 Å². The molecule has 0 fully saturated rings. The Bertz CT molecular complexity index is 292. The van der Waals surface area contributed by atoms with Crippen molar-refractivity contribution in [3.8, 4) is 0 Å². The van der Waals surface area contributed by atoms with Crippen molar-refractivity contribution in [2.24, 2.45) is 5.73 Å². The summed E-state index contributed by atoms with van der Waals surface area (Å²) in [5, 5.41) is 0.698. The Hall–Kier alpha value is -0.310. The highest BCUT2D eigenvalue weighted by molar-refractivity contribution is 9.10. The quantitative estimate of drug-likeness (QED) is 0.825. The van der Waals surface area contributed by atoms with Crippen molar-refractivity contribution in [2.75, 3.05) is 0 Å². The average Bonchev–Trinajstić information content (AvgIpc) is 2.03. The molecule has 0 aliphatic rings. The number of hydrogen-bond acceptors (Lipinski definition) is 1. The van der Waals surface area contributed by atoms with E-state index in [2.05, 4.69) is 22.5 Å². The maximum Gasteiger partial charge on any atom is 0.0420 e. The van der Waals surface area contributed by atoms with Gasteiger partial charge in [0.25, 0.3) is 0 Å². The molecule has 2 N–H and O–H groups in total. The van der Waals surface area contributed by atoms with E-state index < -0.39 is 0 Å². The van der Waals surface area contributed by atoms with E-state index in [-0.39, 0.29) is 6.04 Å². The highest BCUT2D eigenvalue weighted by atomic mass is 79.9. The minimum Gasteiger partial charge on any atom is -0.324 e. The molecule has 0 aliphatic carbocycles. The van der Waals surface area contributed by atoms with Crippen LogP contribution in [0.25, 0.3) is 0 Å². The van der Waals surface area contributed by atoms with Gasteiger partial charge in [-0.2, -0.15) is 0 Å². The second kappa shape index (κ2) is 4.80. The zero-order valence-electron chi connectivity index (χ0n) is 7.13. The molecular formula is C10H11BrClN. The highest BCUT2D eigenvalue weighted by Crippen LogP contribution is 2.24. The van der Waals surface area contributed by atoms with Gasteiger partial charge in [-0.05, 0) is 30.2 Å². The van der Waals surface area contributed by atoms with Crippen molar-refractivity contribution in [3.63, 3.8) is 0 Å². The van der Waals surface area contributed by atoms with Gasteiger partial charge in [0.1, 0.15) is 0 Å². The monoisotopic (exact) mass is 259 g/mol. The van der Waals surface area contributed by atoms with E-state index in [9.17, 15) is 0 Å². The van der Waals surface area contributed by atoms with Crippen LogP contribution in [0, 0.1) is 0 Å². The molecule has 70 valence electrons. The van der Waals surface area contributed by atoms with Crippen molar-refractivity contribution in [1.29, 1.82) is 0 Å². The first kappa shape index (κ1) is 10.8. The largest absolute Gasteiger partial charge is 0.324 e. The summed E-state index contributed by atoms with van der Waals surface area (Å²) in [6.07, 6.45) is 2.56. The third kappa shape index (κ3) is 3.14. The van der Waals surface area contributed by atoms with Crippen LogP contribution in [0.15, 0.2) is 35.3 Å². The number of nitrogens with two attached hydrogens (primary N) is 1. The van der Waals surface area contributed by atoms with E-state index in [1.807, 2.05) is 18.2 Å². The Morgan fingerprint density at radius 3 is 2.77 bits per heavy atom. The van der Waals surface area contributed by atoms with Gasteiger partial charge < -0.3 is 5.73 Å². The molecular weight excluding hydrogens is 249 g/mol. The summed E-state index contributed by atoms with van der Waals surface area (Å²) in [6, 6.07) is 5.67. The summed E-state index contributed by atoms with van der Waals surface area (Å²) < 4.78 is 0.953. The van der Waals surface area contributed by atoms with Gasteiger partial charge in [0.15, 0.2) is 0 Å². The third-order valence-corrected chi connectivity index (χ3v) is 2.41. The van der Waals surface area contributed by atoms with E-state index in [1.165, 1.54) is 0 Å². The van der Waals surface area contributed by atoms with E-state index in [1.54, 1.807) is 6.08 Å². The Morgan fingerprint density at radius 1 is 1.54 bits per heavy atom. The SMILES string of the molecule is C=CC[C@H](N)c1cc(Cl)cc(Br)c1. The lowest BCUT2D eigenvalue weighted by Gasteiger charge is -2.10. The molecule has 13 heavy (non-hydrogen) atoms. The first-order valence-corrected chi connectivity index (χ1v) is 5.13. The average molecular weight is 261 g/mol. The number of halogens is 2. The van der Waals surface area contributed by atoms with Crippen molar-refractivity contribution in [2.45, 2.75) is 12.5 Å². The molecule has 0 spiro atoms. The summed E-state index contributed by atoms with van der Waals surface area (Å²) in [5.74, 6) is 0. The summed E-state index contributed by atoms with van der Waals surface area (Å²) >= 11 is 9.25. The second-order valence-corrected chi connectivity index (χ2v) is 4.19. The fourth-order valence-electron chi connectivity index (χ4n) is 1.10. The van der Waals surface area contributed by atoms with Gasteiger partial charge >= 0.3 is 0 Å². The number of benzene rings is 1. The van der Waals surface area contributed by atoms with E-state index in [0.29, 0.717) is 5.02 Å². The predicted octanol–water partition coefficient (Wildman–Crippen LogP) is 3.68. The topological polar surface area (TPSA) is 26.0 Å². The lowest BCUT2D eigenvalue weighted by atomic mass is 10.1. The van der Waals surface area contributed by atoms with Gasteiger partial charge in [0, 0.05) is 15.5 Å². The minimum absolute atomic E-state index is 0.0208. The van der Waals surface area contributed by atoms with Crippen molar-refractivity contribution in [1.82, 2.24) is 0 Å². The molecule has 1 atom stereocenters. The Kier molecular flexibility index (Phi) is 3.97. The summed E-state index contributed by atoms with van der Waals surface area (Å²) in [7, 11) is 0. The summed E-state index contributed by atoms with van der Waals surface area (Å²) in [5.41, 5.74) is 6.92. The van der Waals surface area contributed by atoms with Crippen molar-refractivity contribution in [3.05, 3.63) is 45.9 Å². The van der Waals surface area contributed by atoms with E-state index >= 15 is 0 Å². The third-order valence-electron chi connectivity index (χ3n) is 1.73. The Morgan fingerprint density at radius 2 is 2.23 bits per heavy atom. The second-order valence-electron chi connectivity index (χ2n) is 2.83. The molecule has 0 bridgehead atoms. The highest BCUT2D eigenvalue weighted by Gasteiger charge is 2.05. The maximum absolute atomic E-state index is 5.89. The molecule has 0 radical (unpaired) electrons. The Labute approximate surface area is 91.7 Å². The molecule has 1 rings (SSSR count). The van der Waals surface area contributed by atoms with Crippen LogP contribution in [0.1, 0.15) is 18.0 Å². The van der Waals surface area contributed by atoms with Crippen LogP contribution in [0.2, 0.25) is 5.02 Å². The molecule has 0 amide bonds. The fourth-order valence-corrected chi connectivity index (χ4v) is 1.99. The zero-order chi connectivity index (χ0) is 9.84. The first-order chi connectivity index (χ1) is 6.13. The van der Waals surface area contributed by atoms with Gasteiger partial charge in [0.2, 0.25) is 0 Å². The fraction of sp³-hybridized carbons (Fsp3) is 0.200. The smallest absolute Gasteiger partial charge is 0.0420 e. The van der Waals surface area contributed by atoms with Crippen LogP contribution >= 0.6 is 27.5 Å². The van der Waals surface area contributed by atoms with Crippen molar-refractivity contribution >= 4 is 27.5 Å². The maximum atomic E-state index is 5.89. The van der Waals surface area contributed by atoms with Crippen LogP contribution in [0.3, 0.4) is 0 Å². The minimum atomic E-state index is -0.0208. The summed E-state index contributed by atoms with van der Waals surface area (Å²) in [4.78, 5) is 0. The molecule has 0 saturated heterocycles. The van der Waals surface area contributed by atoms with Crippen LogP contribution < -0.4 is 5.73 Å². The molecule has 0 saturated carbocycles.